The van der Waals surface area contributed by atoms with Crippen LogP contribution in [0.15, 0.2) is 58.5 Å². The molecule has 2 aromatic carbocycles. The molecule has 3 rings (SSSR count). The number of benzene rings is 2. The number of Topliss-reactive ketones (excluding diaryl/α,β-unsaturated/α-hetero) is 1. The molecule has 0 unspecified atom stereocenters. The summed E-state index contributed by atoms with van der Waals surface area (Å²) in [7, 11) is 0. The summed E-state index contributed by atoms with van der Waals surface area (Å²) in [6.45, 7) is 1.43. The smallest absolute Gasteiger partial charge is 0.279 e. The van der Waals surface area contributed by atoms with E-state index >= 15 is 0 Å². The summed E-state index contributed by atoms with van der Waals surface area (Å²) >= 11 is 7.09. The molecule has 1 heterocycles. The molecular weight excluding hydrogens is 320 g/mol. The van der Waals surface area contributed by atoms with E-state index in [2.05, 4.69) is 5.10 Å². The van der Waals surface area contributed by atoms with E-state index in [4.69, 9.17) is 11.6 Å². The first kappa shape index (κ1) is 14.8. The number of ketones is 1. The van der Waals surface area contributed by atoms with Crippen LogP contribution in [0.1, 0.15) is 17.3 Å². The van der Waals surface area contributed by atoms with Crippen molar-refractivity contribution in [2.24, 2.45) is 5.10 Å². The number of hydrogen-bond acceptors (Lipinski definition) is 4. The first-order chi connectivity index (χ1) is 10.6. The van der Waals surface area contributed by atoms with Crippen molar-refractivity contribution in [3.05, 3.63) is 59.1 Å². The zero-order valence-electron chi connectivity index (χ0n) is 11.6. The highest BCUT2D eigenvalue weighted by Gasteiger charge is 2.27. The third-order valence-corrected chi connectivity index (χ3v) is 4.47. The summed E-state index contributed by atoms with van der Waals surface area (Å²) in [4.78, 5) is 25.3. The molecule has 4 nitrogen and oxygen atoms in total. The molecule has 0 bridgehead atoms. The van der Waals surface area contributed by atoms with Crippen LogP contribution in [0.3, 0.4) is 0 Å². The summed E-state index contributed by atoms with van der Waals surface area (Å²) < 4.78 is 0. The van der Waals surface area contributed by atoms with Gasteiger partial charge in [0.1, 0.15) is 0 Å². The number of carbonyl (C=O) groups is 2. The Balaban J connectivity index is 2.15. The number of anilines is 1. The Kier molecular flexibility index (Phi) is 4.00. The van der Waals surface area contributed by atoms with E-state index in [1.807, 2.05) is 12.1 Å². The summed E-state index contributed by atoms with van der Waals surface area (Å²) in [5.74, 6) is -0.463. The number of hydrogen-bond donors (Lipinski definition) is 0. The average Bonchev–Trinajstić information content (AvgIpc) is 2.66. The van der Waals surface area contributed by atoms with Crippen molar-refractivity contribution >= 4 is 45.8 Å². The van der Waals surface area contributed by atoms with Gasteiger partial charge in [0.15, 0.2) is 10.8 Å². The molecule has 0 saturated heterocycles. The minimum atomic E-state index is -0.276. The molecule has 0 fully saturated rings. The maximum absolute atomic E-state index is 12.8. The lowest BCUT2D eigenvalue weighted by molar-refractivity contribution is -0.110. The Labute approximate surface area is 136 Å². The first-order valence-electron chi connectivity index (χ1n) is 6.53. The van der Waals surface area contributed by atoms with Gasteiger partial charge in [0.25, 0.3) is 5.91 Å². The van der Waals surface area contributed by atoms with Gasteiger partial charge in [0, 0.05) is 16.8 Å². The molecule has 0 atom stereocenters. The van der Waals surface area contributed by atoms with Gasteiger partial charge in [-0.2, -0.15) is 10.1 Å². The van der Waals surface area contributed by atoms with Gasteiger partial charge in [-0.15, -0.1) is 0 Å². The van der Waals surface area contributed by atoms with Crippen LogP contribution in [0.2, 0.25) is 5.02 Å². The minimum Gasteiger partial charge on any atom is -0.292 e. The zero-order chi connectivity index (χ0) is 15.7. The third-order valence-electron chi connectivity index (χ3n) is 3.08. The minimum absolute atomic E-state index is 0.187. The van der Waals surface area contributed by atoms with Crippen LogP contribution in [0.5, 0.6) is 0 Å². The number of rotatable bonds is 2. The molecule has 1 aliphatic rings. The number of carbonyl (C=O) groups excluding carboxylic acids is 2. The maximum atomic E-state index is 12.8. The molecule has 0 aliphatic carbocycles. The largest absolute Gasteiger partial charge is 0.292 e. The van der Waals surface area contributed by atoms with Crippen molar-refractivity contribution in [3.8, 4) is 0 Å². The van der Waals surface area contributed by atoms with Crippen LogP contribution in [0.4, 0.5) is 5.69 Å². The van der Waals surface area contributed by atoms with E-state index in [0.29, 0.717) is 16.3 Å². The van der Waals surface area contributed by atoms with Crippen LogP contribution in [0.25, 0.3) is 0 Å². The first-order valence-corrected chi connectivity index (χ1v) is 7.72. The standard InChI is InChI=1S/C16H11ClN2O2S/c1-10(20)15-18-19(12-8-6-11(17)7-9-12)16(21)13-4-2-3-5-14(13)22-15/h2-9H,1H3. The second kappa shape index (κ2) is 5.94. The molecule has 1 amide bonds. The topological polar surface area (TPSA) is 49.7 Å². The van der Waals surface area contributed by atoms with E-state index in [1.165, 1.54) is 23.7 Å². The van der Waals surface area contributed by atoms with Gasteiger partial charge in [-0.05, 0) is 36.4 Å². The number of nitrogens with zero attached hydrogens (tertiary/aromatic N) is 2. The highest BCUT2D eigenvalue weighted by atomic mass is 35.5. The van der Waals surface area contributed by atoms with Gasteiger partial charge in [0.2, 0.25) is 0 Å². The third kappa shape index (κ3) is 2.77. The highest BCUT2D eigenvalue weighted by Crippen LogP contribution is 2.31. The molecule has 6 heteroatoms. The summed E-state index contributed by atoms with van der Waals surface area (Å²) in [6.07, 6.45) is 0. The van der Waals surface area contributed by atoms with Crippen LogP contribution in [-0.2, 0) is 4.79 Å². The fourth-order valence-electron chi connectivity index (χ4n) is 2.01. The van der Waals surface area contributed by atoms with Crippen molar-refractivity contribution in [1.29, 1.82) is 0 Å². The average molecular weight is 331 g/mol. The zero-order valence-corrected chi connectivity index (χ0v) is 13.2. The molecule has 0 saturated carbocycles. The van der Waals surface area contributed by atoms with E-state index < -0.39 is 0 Å². The molecule has 0 spiro atoms. The van der Waals surface area contributed by atoms with Gasteiger partial charge in [-0.1, -0.05) is 35.5 Å². The van der Waals surface area contributed by atoms with Crippen molar-refractivity contribution in [1.82, 2.24) is 0 Å². The normalized spacial score (nSPS) is 14.2. The summed E-state index contributed by atoms with van der Waals surface area (Å²) in [5, 5.41) is 6.32. The predicted molar refractivity (Wildman–Crippen MR) is 88.7 cm³/mol. The van der Waals surface area contributed by atoms with Crippen LogP contribution in [0, 0.1) is 0 Å². The fraction of sp³-hybridized carbons (Fsp3) is 0.0625. The van der Waals surface area contributed by atoms with Crippen LogP contribution >= 0.6 is 23.4 Å². The second-order valence-electron chi connectivity index (χ2n) is 4.65. The van der Waals surface area contributed by atoms with Crippen LogP contribution < -0.4 is 5.01 Å². The van der Waals surface area contributed by atoms with E-state index in [9.17, 15) is 9.59 Å². The number of amides is 1. The summed E-state index contributed by atoms with van der Waals surface area (Å²) in [5.41, 5.74) is 1.08. The predicted octanol–water partition coefficient (Wildman–Crippen LogP) is 4.00. The Bertz CT molecular complexity index is 787. The van der Waals surface area contributed by atoms with Crippen LogP contribution in [-0.4, -0.2) is 16.7 Å². The van der Waals surface area contributed by atoms with Gasteiger partial charge >= 0.3 is 0 Å². The SMILES string of the molecule is CC(=O)C1=NN(c2ccc(Cl)cc2)C(=O)c2ccccc2S1. The van der Waals surface area contributed by atoms with Gasteiger partial charge in [-0.3, -0.25) is 9.59 Å². The number of fused-ring (bicyclic) bond motifs is 1. The molecule has 2 aromatic rings. The Morgan fingerprint density at radius 1 is 1.14 bits per heavy atom. The number of halogens is 1. The van der Waals surface area contributed by atoms with Crippen molar-refractivity contribution in [2.75, 3.05) is 5.01 Å². The molecule has 0 N–H and O–H groups in total. The second-order valence-corrected chi connectivity index (χ2v) is 6.12. The van der Waals surface area contributed by atoms with E-state index in [0.717, 1.165) is 4.90 Å². The quantitative estimate of drug-likeness (QED) is 0.836. The molecule has 22 heavy (non-hydrogen) atoms. The molecule has 110 valence electrons. The van der Waals surface area contributed by atoms with Gasteiger partial charge in [-0.25, -0.2) is 0 Å². The molecule has 1 aliphatic heterocycles. The lowest BCUT2D eigenvalue weighted by Gasteiger charge is -2.16. The lowest BCUT2D eigenvalue weighted by atomic mass is 10.2. The van der Waals surface area contributed by atoms with Gasteiger partial charge < -0.3 is 0 Å². The lowest BCUT2D eigenvalue weighted by Crippen LogP contribution is -2.26. The Hall–Kier alpha value is -2.11. The molecule has 0 radical (unpaired) electrons. The van der Waals surface area contributed by atoms with Crippen molar-refractivity contribution in [3.63, 3.8) is 0 Å². The number of hydrazone groups is 1. The maximum Gasteiger partial charge on any atom is 0.279 e. The van der Waals surface area contributed by atoms with Gasteiger partial charge in [0.05, 0.1) is 11.3 Å². The fourth-order valence-corrected chi connectivity index (χ4v) is 3.02. The highest BCUT2D eigenvalue weighted by molar-refractivity contribution is 8.15. The van der Waals surface area contributed by atoms with E-state index in [-0.39, 0.29) is 16.7 Å². The number of thioether (sulfide) groups is 1. The Morgan fingerprint density at radius 3 is 2.50 bits per heavy atom. The molecular formula is C16H11ClN2O2S. The monoisotopic (exact) mass is 330 g/mol. The molecule has 0 aromatic heterocycles. The van der Waals surface area contributed by atoms with Crippen molar-refractivity contribution < 1.29 is 9.59 Å². The summed E-state index contributed by atoms with van der Waals surface area (Å²) in [6, 6.07) is 13.9. The van der Waals surface area contributed by atoms with E-state index in [1.54, 1.807) is 36.4 Å². The Morgan fingerprint density at radius 2 is 1.82 bits per heavy atom. The van der Waals surface area contributed by atoms with Crippen molar-refractivity contribution in [2.45, 2.75) is 11.8 Å².